The molecule has 0 aliphatic heterocycles. The Balaban J connectivity index is 1.96. The lowest BCUT2D eigenvalue weighted by atomic mass is 9.90. The van der Waals surface area contributed by atoms with E-state index < -0.39 is 5.41 Å². The highest BCUT2D eigenvalue weighted by atomic mass is 35.5. The Hall–Kier alpha value is -2.33. The van der Waals surface area contributed by atoms with E-state index in [1.807, 2.05) is 43.3 Å². The molecule has 0 bridgehead atoms. The zero-order chi connectivity index (χ0) is 17.7. The number of aryl methyl sites for hydroxylation is 1. The van der Waals surface area contributed by atoms with Crippen LogP contribution < -0.4 is 10.6 Å². The van der Waals surface area contributed by atoms with Gasteiger partial charge in [-0.05, 0) is 50.6 Å². The van der Waals surface area contributed by atoms with E-state index in [4.69, 9.17) is 11.6 Å². The van der Waals surface area contributed by atoms with Crippen molar-refractivity contribution in [2.75, 3.05) is 5.32 Å². The monoisotopic (exact) mass is 344 g/mol. The second-order valence-electron chi connectivity index (χ2n) is 6.25. The average Bonchev–Trinajstić information content (AvgIpc) is 2.56. The standard InChI is InChI=1S/C19H21ClN2O2/c1-13-4-10-16(11-5-13)22-18(24)19(2,3)17(23)21-12-14-6-8-15(20)9-7-14/h4-11H,12H2,1-3H3,(H,21,23)(H,22,24). The van der Waals surface area contributed by atoms with Crippen LogP contribution in [0.15, 0.2) is 48.5 Å². The fourth-order valence-electron chi connectivity index (χ4n) is 2.03. The molecule has 0 saturated heterocycles. The smallest absolute Gasteiger partial charge is 0.239 e. The number of amides is 2. The average molecular weight is 345 g/mol. The summed E-state index contributed by atoms with van der Waals surface area (Å²) in [4.78, 5) is 24.8. The zero-order valence-electron chi connectivity index (χ0n) is 14.0. The summed E-state index contributed by atoms with van der Waals surface area (Å²) in [5.41, 5.74) is 1.51. The molecule has 2 rings (SSSR count). The van der Waals surface area contributed by atoms with Crippen LogP contribution in [0.25, 0.3) is 0 Å². The molecular formula is C19H21ClN2O2. The number of hydrogen-bond acceptors (Lipinski definition) is 2. The van der Waals surface area contributed by atoms with Gasteiger partial charge in [0.15, 0.2) is 0 Å². The van der Waals surface area contributed by atoms with E-state index >= 15 is 0 Å². The fraction of sp³-hybridized carbons (Fsp3) is 0.263. The van der Waals surface area contributed by atoms with Gasteiger partial charge in [-0.25, -0.2) is 0 Å². The lowest BCUT2D eigenvalue weighted by Gasteiger charge is -2.23. The summed E-state index contributed by atoms with van der Waals surface area (Å²) < 4.78 is 0. The second kappa shape index (κ2) is 7.49. The number of carbonyl (C=O) groups is 2. The number of hydrogen-bond donors (Lipinski definition) is 2. The van der Waals surface area contributed by atoms with Crippen LogP contribution in [-0.4, -0.2) is 11.8 Å². The van der Waals surface area contributed by atoms with Gasteiger partial charge < -0.3 is 10.6 Å². The van der Waals surface area contributed by atoms with Gasteiger partial charge in [0.1, 0.15) is 5.41 Å². The molecule has 4 nitrogen and oxygen atoms in total. The van der Waals surface area contributed by atoms with Crippen molar-refractivity contribution in [1.82, 2.24) is 5.32 Å². The van der Waals surface area contributed by atoms with Crippen LogP contribution in [0.2, 0.25) is 5.02 Å². The molecule has 2 N–H and O–H groups in total. The van der Waals surface area contributed by atoms with Crippen molar-refractivity contribution in [3.8, 4) is 0 Å². The Morgan fingerprint density at radius 1 is 0.958 bits per heavy atom. The summed E-state index contributed by atoms with van der Waals surface area (Å²) in [7, 11) is 0. The molecule has 0 saturated carbocycles. The van der Waals surface area contributed by atoms with Gasteiger partial charge in [0, 0.05) is 17.3 Å². The van der Waals surface area contributed by atoms with E-state index in [-0.39, 0.29) is 11.8 Å². The van der Waals surface area contributed by atoms with Gasteiger partial charge in [-0.2, -0.15) is 0 Å². The Morgan fingerprint density at radius 2 is 1.54 bits per heavy atom. The van der Waals surface area contributed by atoms with Crippen LogP contribution in [-0.2, 0) is 16.1 Å². The molecule has 126 valence electrons. The van der Waals surface area contributed by atoms with Crippen molar-refractivity contribution in [2.24, 2.45) is 5.41 Å². The predicted octanol–water partition coefficient (Wildman–Crippen LogP) is 3.93. The molecule has 2 aromatic rings. The Bertz CT molecular complexity index is 722. The molecule has 0 radical (unpaired) electrons. The highest BCUT2D eigenvalue weighted by molar-refractivity contribution is 6.30. The summed E-state index contributed by atoms with van der Waals surface area (Å²) in [5, 5.41) is 6.21. The molecule has 0 aromatic heterocycles. The van der Waals surface area contributed by atoms with Gasteiger partial charge in [0.25, 0.3) is 0 Å². The molecule has 24 heavy (non-hydrogen) atoms. The third kappa shape index (κ3) is 4.59. The molecule has 0 atom stereocenters. The molecule has 2 aromatic carbocycles. The molecule has 0 fully saturated rings. The minimum absolute atomic E-state index is 0.331. The van der Waals surface area contributed by atoms with E-state index in [0.29, 0.717) is 17.3 Å². The van der Waals surface area contributed by atoms with Crippen molar-refractivity contribution >= 4 is 29.1 Å². The molecular weight excluding hydrogens is 324 g/mol. The van der Waals surface area contributed by atoms with E-state index in [1.54, 1.807) is 26.0 Å². The number of rotatable bonds is 5. The van der Waals surface area contributed by atoms with Crippen molar-refractivity contribution in [2.45, 2.75) is 27.3 Å². The Kier molecular flexibility index (Phi) is 5.62. The predicted molar refractivity (Wildman–Crippen MR) is 96.9 cm³/mol. The van der Waals surface area contributed by atoms with E-state index in [1.165, 1.54) is 0 Å². The van der Waals surface area contributed by atoms with Crippen LogP contribution >= 0.6 is 11.6 Å². The van der Waals surface area contributed by atoms with Gasteiger partial charge in [-0.15, -0.1) is 0 Å². The number of carbonyl (C=O) groups excluding carboxylic acids is 2. The maximum atomic E-state index is 12.4. The topological polar surface area (TPSA) is 58.2 Å². The van der Waals surface area contributed by atoms with E-state index in [2.05, 4.69) is 10.6 Å². The lowest BCUT2D eigenvalue weighted by molar-refractivity contribution is -0.138. The molecule has 0 heterocycles. The molecule has 5 heteroatoms. The Labute approximate surface area is 147 Å². The van der Waals surface area contributed by atoms with E-state index in [9.17, 15) is 9.59 Å². The van der Waals surface area contributed by atoms with Gasteiger partial charge in [0.05, 0.1) is 0 Å². The number of halogens is 1. The van der Waals surface area contributed by atoms with Crippen LogP contribution in [0.4, 0.5) is 5.69 Å². The van der Waals surface area contributed by atoms with Crippen LogP contribution in [0.5, 0.6) is 0 Å². The molecule has 0 aliphatic carbocycles. The third-order valence-corrected chi connectivity index (χ3v) is 4.06. The number of anilines is 1. The quantitative estimate of drug-likeness (QED) is 0.807. The maximum absolute atomic E-state index is 12.4. The van der Waals surface area contributed by atoms with Crippen molar-refractivity contribution in [1.29, 1.82) is 0 Å². The largest absolute Gasteiger partial charge is 0.351 e. The fourth-order valence-corrected chi connectivity index (χ4v) is 2.16. The summed E-state index contributed by atoms with van der Waals surface area (Å²) in [6.45, 7) is 5.53. The summed E-state index contributed by atoms with van der Waals surface area (Å²) in [5.74, 6) is -0.679. The highest BCUT2D eigenvalue weighted by Gasteiger charge is 2.35. The number of benzene rings is 2. The normalized spacial score (nSPS) is 11.0. The molecule has 0 spiro atoms. The molecule has 0 aliphatic rings. The van der Waals surface area contributed by atoms with Crippen molar-refractivity contribution in [3.05, 3.63) is 64.7 Å². The SMILES string of the molecule is Cc1ccc(NC(=O)C(C)(C)C(=O)NCc2ccc(Cl)cc2)cc1. The first-order valence-electron chi connectivity index (χ1n) is 7.70. The minimum Gasteiger partial charge on any atom is -0.351 e. The first-order valence-corrected chi connectivity index (χ1v) is 8.08. The van der Waals surface area contributed by atoms with Crippen molar-refractivity contribution < 1.29 is 9.59 Å². The molecule has 0 unspecified atom stereocenters. The minimum atomic E-state index is -1.18. The van der Waals surface area contributed by atoms with Crippen LogP contribution in [0.3, 0.4) is 0 Å². The van der Waals surface area contributed by atoms with Gasteiger partial charge in [-0.1, -0.05) is 41.4 Å². The summed E-state index contributed by atoms with van der Waals surface area (Å²) in [6, 6.07) is 14.6. The first-order chi connectivity index (χ1) is 11.3. The number of nitrogens with one attached hydrogen (secondary N) is 2. The van der Waals surface area contributed by atoms with Gasteiger partial charge in [0.2, 0.25) is 11.8 Å². The summed E-state index contributed by atoms with van der Waals surface area (Å²) >= 11 is 5.84. The first kappa shape index (κ1) is 18.0. The van der Waals surface area contributed by atoms with Crippen LogP contribution in [0.1, 0.15) is 25.0 Å². The maximum Gasteiger partial charge on any atom is 0.239 e. The van der Waals surface area contributed by atoms with E-state index in [0.717, 1.165) is 11.1 Å². The highest BCUT2D eigenvalue weighted by Crippen LogP contribution is 2.20. The van der Waals surface area contributed by atoms with Gasteiger partial charge >= 0.3 is 0 Å². The zero-order valence-corrected chi connectivity index (χ0v) is 14.8. The lowest BCUT2D eigenvalue weighted by Crippen LogP contribution is -2.44. The summed E-state index contributed by atoms with van der Waals surface area (Å²) in [6.07, 6.45) is 0. The second-order valence-corrected chi connectivity index (χ2v) is 6.69. The van der Waals surface area contributed by atoms with Crippen molar-refractivity contribution in [3.63, 3.8) is 0 Å². The molecule has 2 amide bonds. The van der Waals surface area contributed by atoms with Crippen LogP contribution in [0, 0.1) is 12.3 Å². The van der Waals surface area contributed by atoms with Gasteiger partial charge in [-0.3, -0.25) is 9.59 Å². The third-order valence-electron chi connectivity index (χ3n) is 3.81. The Morgan fingerprint density at radius 3 is 2.12 bits per heavy atom.